The summed E-state index contributed by atoms with van der Waals surface area (Å²) in [6.07, 6.45) is 0. The van der Waals surface area contributed by atoms with Crippen molar-refractivity contribution in [3.8, 4) is 0 Å². The fraction of sp³-hybridized carbons (Fsp3) is 0.0476. The lowest BCUT2D eigenvalue weighted by Gasteiger charge is -2.13. The van der Waals surface area contributed by atoms with Crippen LogP contribution in [0.15, 0.2) is 89.9 Å². The summed E-state index contributed by atoms with van der Waals surface area (Å²) in [5.74, 6) is 0.104. The van der Waals surface area contributed by atoms with Gasteiger partial charge in [0.05, 0.1) is 17.3 Å². The van der Waals surface area contributed by atoms with Crippen molar-refractivity contribution in [3.63, 3.8) is 0 Å². The Labute approximate surface area is 157 Å². The maximum Gasteiger partial charge on any atom is 0.257 e. The molecule has 0 aliphatic rings. The molecule has 0 radical (unpaired) electrons. The number of aliphatic imine (C=N–C) groups is 1. The number of rotatable bonds is 4. The first-order valence-electron chi connectivity index (χ1n) is 8.19. The molecule has 2 N–H and O–H groups in total. The molecule has 0 bridgehead atoms. The number of halogens is 1. The lowest BCUT2D eigenvalue weighted by atomic mass is 10.2. The summed E-state index contributed by atoms with van der Waals surface area (Å²) < 4.78 is 0. The number of amides is 1. The van der Waals surface area contributed by atoms with E-state index < -0.39 is 0 Å². The maximum absolute atomic E-state index is 12.5. The van der Waals surface area contributed by atoms with E-state index in [-0.39, 0.29) is 5.91 Å². The Kier molecular flexibility index (Phi) is 6.01. The SMILES string of the molecule is O=C(NC(=NCc1ccccc1)Nc1ccccc1Cl)c1ccccc1. The highest BCUT2D eigenvalue weighted by atomic mass is 35.5. The van der Waals surface area contributed by atoms with Gasteiger partial charge in [-0.25, -0.2) is 4.99 Å². The van der Waals surface area contributed by atoms with E-state index in [4.69, 9.17) is 11.6 Å². The van der Waals surface area contributed by atoms with Crippen molar-refractivity contribution in [2.75, 3.05) is 5.32 Å². The van der Waals surface area contributed by atoms with Crippen molar-refractivity contribution in [3.05, 3.63) is 101 Å². The fourth-order valence-corrected chi connectivity index (χ4v) is 2.51. The summed E-state index contributed by atoms with van der Waals surface area (Å²) in [5.41, 5.74) is 2.27. The second-order valence-corrected chi connectivity index (χ2v) is 5.98. The van der Waals surface area contributed by atoms with Crippen LogP contribution in [0, 0.1) is 0 Å². The summed E-state index contributed by atoms with van der Waals surface area (Å²) in [5, 5.41) is 6.47. The highest BCUT2D eigenvalue weighted by molar-refractivity contribution is 6.33. The molecule has 5 heteroatoms. The third kappa shape index (κ3) is 4.94. The molecule has 0 saturated heterocycles. The number of carbonyl (C=O) groups excluding carboxylic acids is 1. The number of hydrogen-bond donors (Lipinski definition) is 2. The third-order valence-electron chi connectivity index (χ3n) is 3.66. The zero-order valence-corrected chi connectivity index (χ0v) is 14.8. The second kappa shape index (κ2) is 8.83. The molecule has 0 aliphatic heterocycles. The molecule has 26 heavy (non-hydrogen) atoms. The second-order valence-electron chi connectivity index (χ2n) is 5.58. The largest absolute Gasteiger partial charge is 0.325 e. The van der Waals surface area contributed by atoms with Crippen LogP contribution in [0.4, 0.5) is 5.69 Å². The van der Waals surface area contributed by atoms with E-state index in [0.29, 0.717) is 28.8 Å². The number of carbonyl (C=O) groups is 1. The van der Waals surface area contributed by atoms with Crippen molar-refractivity contribution < 1.29 is 4.79 Å². The molecule has 0 fully saturated rings. The van der Waals surface area contributed by atoms with Crippen molar-refractivity contribution in [2.24, 2.45) is 4.99 Å². The number of nitrogens with one attached hydrogen (secondary N) is 2. The van der Waals surface area contributed by atoms with Gasteiger partial charge in [-0.05, 0) is 29.8 Å². The number of guanidine groups is 1. The summed E-state index contributed by atoms with van der Waals surface area (Å²) in [6.45, 7) is 0.433. The van der Waals surface area contributed by atoms with Crippen LogP contribution in [0.2, 0.25) is 5.02 Å². The van der Waals surface area contributed by atoms with Gasteiger partial charge >= 0.3 is 0 Å². The summed E-state index contributed by atoms with van der Waals surface area (Å²) in [6, 6.07) is 26.1. The van der Waals surface area contributed by atoms with Gasteiger partial charge in [-0.2, -0.15) is 0 Å². The van der Waals surface area contributed by atoms with E-state index >= 15 is 0 Å². The molecule has 4 nitrogen and oxygen atoms in total. The smallest absolute Gasteiger partial charge is 0.257 e. The van der Waals surface area contributed by atoms with Gasteiger partial charge in [-0.15, -0.1) is 0 Å². The quantitative estimate of drug-likeness (QED) is 0.519. The monoisotopic (exact) mass is 363 g/mol. The summed E-state index contributed by atoms with van der Waals surface area (Å²) in [7, 11) is 0. The molecule has 130 valence electrons. The van der Waals surface area contributed by atoms with Gasteiger partial charge in [0.1, 0.15) is 0 Å². The van der Waals surface area contributed by atoms with E-state index in [0.717, 1.165) is 5.56 Å². The topological polar surface area (TPSA) is 53.5 Å². The lowest BCUT2D eigenvalue weighted by Crippen LogP contribution is -2.36. The van der Waals surface area contributed by atoms with Gasteiger partial charge in [0.2, 0.25) is 5.96 Å². The summed E-state index contributed by atoms with van der Waals surface area (Å²) >= 11 is 6.21. The van der Waals surface area contributed by atoms with Gasteiger partial charge in [0.25, 0.3) is 5.91 Å². The van der Waals surface area contributed by atoms with Crippen LogP contribution >= 0.6 is 11.6 Å². The van der Waals surface area contributed by atoms with Gasteiger partial charge in [-0.3, -0.25) is 10.1 Å². The molecule has 0 unspecified atom stereocenters. The maximum atomic E-state index is 12.5. The first kappa shape index (κ1) is 17.7. The Hall–Kier alpha value is -3.11. The summed E-state index contributed by atoms with van der Waals surface area (Å²) in [4.78, 5) is 17.0. The van der Waals surface area contributed by atoms with Crippen LogP contribution in [0.3, 0.4) is 0 Å². The van der Waals surface area contributed by atoms with Crippen LogP contribution in [-0.4, -0.2) is 11.9 Å². The Morgan fingerprint density at radius 1 is 0.846 bits per heavy atom. The van der Waals surface area contributed by atoms with E-state index in [2.05, 4.69) is 15.6 Å². The number of hydrogen-bond acceptors (Lipinski definition) is 2. The normalized spacial score (nSPS) is 11.0. The Morgan fingerprint density at radius 3 is 2.15 bits per heavy atom. The predicted molar refractivity (Wildman–Crippen MR) is 107 cm³/mol. The van der Waals surface area contributed by atoms with Crippen LogP contribution < -0.4 is 10.6 Å². The number of benzene rings is 3. The number of anilines is 1. The van der Waals surface area contributed by atoms with Crippen LogP contribution in [0.5, 0.6) is 0 Å². The average molecular weight is 364 g/mol. The van der Waals surface area contributed by atoms with Crippen molar-refractivity contribution in [2.45, 2.75) is 6.54 Å². The minimum Gasteiger partial charge on any atom is -0.325 e. The zero-order valence-electron chi connectivity index (χ0n) is 14.0. The average Bonchev–Trinajstić information content (AvgIpc) is 2.69. The molecule has 0 heterocycles. The molecule has 1 amide bonds. The van der Waals surface area contributed by atoms with Gasteiger partial charge in [0.15, 0.2) is 0 Å². The number of para-hydroxylation sites is 1. The van der Waals surface area contributed by atoms with Crippen molar-refractivity contribution in [1.82, 2.24) is 5.32 Å². The van der Waals surface area contributed by atoms with Gasteiger partial charge in [-0.1, -0.05) is 72.3 Å². The molecule has 0 aliphatic carbocycles. The molecule has 0 aromatic heterocycles. The lowest BCUT2D eigenvalue weighted by molar-refractivity contribution is 0.0977. The number of nitrogens with zero attached hydrogens (tertiary/aromatic N) is 1. The Morgan fingerprint density at radius 2 is 1.46 bits per heavy atom. The molecule has 0 spiro atoms. The molecular formula is C21H18ClN3O. The molecule has 0 saturated carbocycles. The Balaban J connectivity index is 1.81. The predicted octanol–water partition coefficient (Wildman–Crippen LogP) is 4.74. The van der Waals surface area contributed by atoms with Crippen LogP contribution in [0.25, 0.3) is 0 Å². The fourth-order valence-electron chi connectivity index (χ4n) is 2.32. The third-order valence-corrected chi connectivity index (χ3v) is 3.99. The minimum absolute atomic E-state index is 0.239. The molecule has 3 aromatic rings. The van der Waals surface area contributed by atoms with E-state index in [1.807, 2.05) is 66.7 Å². The zero-order chi connectivity index (χ0) is 18.2. The highest BCUT2D eigenvalue weighted by Gasteiger charge is 2.10. The molecular weight excluding hydrogens is 346 g/mol. The van der Waals surface area contributed by atoms with E-state index in [1.54, 1.807) is 18.2 Å². The van der Waals surface area contributed by atoms with Gasteiger partial charge < -0.3 is 5.32 Å². The van der Waals surface area contributed by atoms with Crippen molar-refractivity contribution in [1.29, 1.82) is 0 Å². The molecule has 0 atom stereocenters. The first-order valence-corrected chi connectivity index (χ1v) is 8.56. The van der Waals surface area contributed by atoms with Crippen LogP contribution in [0.1, 0.15) is 15.9 Å². The van der Waals surface area contributed by atoms with E-state index in [9.17, 15) is 4.79 Å². The highest BCUT2D eigenvalue weighted by Crippen LogP contribution is 2.20. The molecule has 3 rings (SSSR count). The standard InChI is InChI=1S/C21H18ClN3O/c22-18-13-7-8-14-19(18)24-21(23-15-16-9-3-1-4-10-16)25-20(26)17-11-5-2-6-12-17/h1-14H,15H2,(H2,23,24,25,26). The van der Waals surface area contributed by atoms with Gasteiger partial charge in [0, 0.05) is 5.56 Å². The van der Waals surface area contributed by atoms with Crippen molar-refractivity contribution >= 4 is 29.2 Å². The van der Waals surface area contributed by atoms with Crippen LogP contribution in [-0.2, 0) is 6.54 Å². The first-order chi connectivity index (χ1) is 12.7. The Bertz CT molecular complexity index is 895. The molecule has 3 aromatic carbocycles. The van der Waals surface area contributed by atoms with E-state index in [1.165, 1.54) is 0 Å². The minimum atomic E-state index is -0.239.